The molecule has 1 amide bonds. The lowest BCUT2D eigenvalue weighted by atomic mass is 9.92. The molecule has 1 aliphatic heterocycles. The van der Waals surface area contributed by atoms with Crippen molar-refractivity contribution in [3.8, 4) is 5.75 Å². The van der Waals surface area contributed by atoms with E-state index in [-0.39, 0.29) is 11.4 Å². The van der Waals surface area contributed by atoms with Crippen LogP contribution in [0, 0.1) is 5.92 Å². The van der Waals surface area contributed by atoms with Gasteiger partial charge in [0.25, 0.3) is 5.56 Å². The van der Waals surface area contributed by atoms with Gasteiger partial charge in [0.1, 0.15) is 30.2 Å². The van der Waals surface area contributed by atoms with Gasteiger partial charge < -0.3 is 41.3 Å². The van der Waals surface area contributed by atoms with Crippen LogP contribution in [0.25, 0.3) is 0 Å². The second kappa shape index (κ2) is 10.3. The molecule has 35 heavy (non-hydrogen) atoms. The number of nitrogens with zero attached hydrogens (tertiary/aromatic N) is 2. The fraction of sp³-hybridized carbons (Fsp3) is 0.450. The highest BCUT2D eigenvalue weighted by Crippen LogP contribution is 2.30. The lowest BCUT2D eigenvalue weighted by molar-refractivity contribution is -0.149. The van der Waals surface area contributed by atoms with Crippen LogP contribution in [0.3, 0.4) is 0 Å². The lowest BCUT2D eigenvalue weighted by Crippen LogP contribution is -2.57. The van der Waals surface area contributed by atoms with Gasteiger partial charge in [-0.15, -0.1) is 0 Å². The number of aliphatic hydroxyl groups is 3. The van der Waals surface area contributed by atoms with E-state index >= 15 is 0 Å². The van der Waals surface area contributed by atoms with E-state index in [0.29, 0.717) is 0 Å². The van der Waals surface area contributed by atoms with Crippen molar-refractivity contribution < 1.29 is 39.9 Å². The Bertz CT molecular complexity index is 1180. The second-order valence-corrected chi connectivity index (χ2v) is 8.09. The van der Waals surface area contributed by atoms with Crippen LogP contribution >= 0.6 is 0 Å². The highest BCUT2D eigenvalue weighted by Gasteiger charge is 2.50. The Morgan fingerprint density at radius 1 is 1.23 bits per heavy atom. The van der Waals surface area contributed by atoms with Gasteiger partial charge in [-0.2, -0.15) is 0 Å². The molecular formula is C20H25N5O10. The number of aliphatic hydroxyl groups excluding tert-OH is 3. The van der Waals surface area contributed by atoms with Gasteiger partial charge in [0, 0.05) is 18.2 Å². The zero-order valence-corrected chi connectivity index (χ0v) is 18.3. The molecule has 1 saturated heterocycles. The van der Waals surface area contributed by atoms with Crippen LogP contribution in [0.15, 0.2) is 40.2 Å². The normalized spacial score (nSPS) is 25.4. The van der Waals surface area contributed by atoms with Crippen molar-refractivity contribution in [2.45, 2.75) is 49.7 Å². The van der Waals surface area contributed by atoms with Crippen molar-refractivity contribution in [1.29, 1.82) is 0 Å². The van der Waals surface area contributed by atoms with Crippen LogP contribution in [0.1, 0.15) is 24.9 Å². The van der Waals surface area contributed by atoms with Gasteiger partial charge in [0.2, 0.25) is 5.91 Å². The lowest BCUT2D eigenvalue weighted by Gasteiger charge is -2.28. The molecule has 2 aromatic rings. The number of carboxylic acid groups (broad SMARTS) is 1. The molecule has 1 fully saturated rings. The van der Waals surface area contributed by atoms with Crippen LogP contribution in [-0.4, -0.2) is 82.3 Å². The number of pyridine rings is 1. The number of carboxylic acids is 1. The maximum absolute atomic E-state index is 12.7. The molecule has 3 heterocycles. The van der Waals surface area contributed by atoms with Crippen LogP contribution in [-0.2, 0) is 14.3 Å². The number of H-pyrrole nitrogens is 1. The van der Waals surface area contributed by atoms with E-state index in [2.05, 4.69) is 10.3 Å². The molecule has 4 unspecified atom stereocenters. The number of nitrogens with two attached hydrogens (primary N) is 1. The highest BCUT2D eigenvalue weighted by atomic mass is 16.6. The fourth-order valence-electron chi connectivity index (χ4n) is 3.63. The van der Waals surface area contributed by atoms with Gasteiger partial charge in [0.15, 0.2) is 12.3 Å². The minimum absolute atomic E-state index is 0.111. The van der Waals surface area contributed by atoms with Crippen molar-refractivity contribution in [2.24, 2.45) is 11.7 Å². The molecule has 0 saturated carbocycles. The first-order chi connectivity index (χ1) is 16.4. The SMILES string of the molecule is CC(C(N)C(=O)NC(C(=O)O)[C@H]1O[C@@H](n2ccc(=O)[nH]c2=O)[C@H](O)[C@@H]1O)C(O)c1ccc(O)cn1. The number of aliphatic carboxylic acids is 1. The smallest absolute Gasteiger partial charge is 0.330 e. The van der Waals surface area contributed by atoms with Gasteiger partial charge in [-0.3, -0.25) is 24.1 Å². The van der Waals surface area contributed by atoms with Gasteiger partial charge in [0.05, 0.1) is 17.9 Å². The number of aromatic nitrogens is 3. The second-order valence-electron chi connectivity index (χ2n) is 8.09. The first-order valence-electron chi connectivity index (χ1n) is 10.4. The Balaban J connectivity index is 1.76. The zero-order chi connectivity index (χ0) is 26.0. The van der Waals surface area contributed by atoms with Gasteiger partial charge in [-0.25, -0.2) is 9.59 Å². The van der Waals surface area contributed by atoms with E-state index in [9.17, 15) is 44.7 Å². The molecule has 0 radical (unpaired) electrons. The molecule has 2 aromatic heterocycles. The quantitative estimate of drug-likeness (QED) is 0.178. The third kappa shape index (κ3) is 5.39. The Hall–Kier alpha value is -3.63. The van der Waals surface area contributed by atoms with Crippen molar-refractivity contribution in [3.63, 3.8) is 0 Å². The predicted octanol–water partition coefficient (Wildman–Crippen LogP) is -3.48. The van der Waals surface area contributed by atoms with E-state index in [0.717, 1.165) is 23.0 Å². The topological polar surface area (TPSA) is 250 Å². The first kappa shape index (κ1) is 26.0. The number of carbonyl (C=O) groups excluding carboxylic acids is 1. The number of nitrogens with one attached hydrogen (secondary N) is 2. The molecule has 0 spiro atoms. The van der Waals surface area contributed by atoms with Gasteiger partial charge in [-0.05, 0) is 12.1 Å². The Kier molecular flexibility index (Phi) is 7.67. The molecule has 15 heteroatoms. The monoisotopic (exact) mass is 495 g/mol. The first-order valence-corrected chi connectivity index (χ1v) is 10.4. The van der Waals surface area contributed by atoms with E-state index in [1.165, 1.54) is 19.1 Å². The molecule has 1 aliphatic rings. The molecule has 8 atom stereocenters. The number of rotatable bonds is 8. The van der Waals surface area contributed by atoms with E-state index in [4.69, 9.17) is 10.5 Å². The summed E-state index contributed by atoms with van der Waals surface area (Å²) in [5.41, 5.74) is 4.33. The van der Waals surface area contributed by atoms with Crippen LogP contribution in [0.2, 0.25) is 0 Å². The van der Waals surface area contributed by atoms with Crippen molar-refractivity contribution in [1.82, 2.24) is 19.9 Å². The number of ether oxygens (including phenoxy) is 1. The summed E-state index contributed by atoms with van der Waals surface area (Å²) in [7, 11) is 0. The van der Waals surface area contributed by atoms with Crippen LogP contribution < -0.4 is 22.3 Å². The Labute approximate surface area is 196 Å². The third-order valence-corrected chi connectivity index (χ3v) is 5.73. The van der Waals surface area contributed by atoms with Gasteiger partial charge >= 0.3 is 11.7 Å². The Morgan fingerprint density at radius 3 is 2.49 bits per heavy atom. The molecule has 190 valence electrons. The summed E-state index contributed by atoms with van der Waals surface area (Å²) in [6.45, 7) is 1.42. The standard InChI is InChI=1S/C20H25N5O10/c1-7(13(28)9-3-2-8(26)6-22-9)11(21)17(31)24-12(19(32)33)16-14(29)15(30)18(35-16)25-5-4-10(27)23-20(25)34/h2-7,11-16,18,26,28-30H,21H2,1H3,(H,24,31)(H,32,33)(H,23,27,34)/t7?,11?,12?,13?,14-,15+,16+,18+/m0/s1. The summed E-state index contributed by atoms with van der Waals surface area (Å²) >= 11 is 0. The van der Waals surface area contributed by atoms with Crippen LogP contribution in [0.4, 0.5) is 0 Å². The molecule has 3 rings (SSSR count). The summed E-state index contributed by atoms with van der Waals surface area (Å²) in [4.78, 5) is 53.7. The fourth-order valence-corrected chi connectivity index (χ4v) is 3.63. The molecular weight excluding hydrogens is 470 g/mol. The minimum atomic E-state index is -1.90. The molecule has 0 aliphatic carbocycles. The third-order valence-electron chi connectivity index (χ3n) is 5.73. The number of aromatic amines is 1. The average molecular weight is 495 g/mol. The van der Waals surface area contributed by atoms with Crippen LogP contribution in [0.5, 0.6) is 5.75 Å². The highest BCUT2D eigenvalue weighted by molar-refractivity contribution is 5.87. The maximum Gasteiger partial charge on any atom is 0.330 e. The summed E-state index contributed by atoms with van der Waals surface area (Å²) in [5.74, 6) is -3.75. The molecule has 15 nitrogen and oxygen atoms in total. The number of hydrogen-bond donors (Lipinski definition) is 8. The van der Waals surface area contributed by atoms with E-state index in [1.54, 1.807) is 0 Å². The van der Waals surface area contributed by atoms with E-state index < -0.39 is 71.8 Å². The van der Waals surface area contributed by atoms with Gasteiger partial charge in [-0.1, -0.05) is 6.92 Å². The molecule has 9 N–H and O–H groups in total. The number of aromatic hydroxyl groups is 1. The zero-order valence-electron chi connectivity index (χ0n) is 18.3. The number of carbonyl (C=O) groups is 2. The van der Waals surface area contributed by atoms with Crippen molar-refractivity contribution in [3.05, 3.63) is 57.1 Å². The molecule has 0 bridgehead atoms. The number of hydrogen-bond acceptors (Lipinski definition) is 11. The minimum Gasteiger partial charge on any atom is -0.506 e. The van der Waals surface area contributed by atoms with E-state index in [1.807, 2.05) is 4.98 Å². The molecule has 0 aromatic carbocycles. The number of amides is 1. The maximum atomic E-state index is 12.7. The van der Waals surface area contributed by atoms with Crippen molar-refractivity contribution >= 4 is 11.9 Å². The largest absolute Gasteiger partial charge is 0.506 e. The summed E-state index contributed by atoms with van der Waals surface area (Å²) in [5, 5.41) is 52.3. The summed E-state index contributed by atoms with van der Waals surface area (Å²) in [6.07, 6.45) is -6.15. The Morgan fingerprint density at radius 2 is 1.91 bits per heavy atom. The summed E-state index contributed by atoms with van der Waals surface area (Å²) < 4.78 is 6.16. The predicted molar refractivity (Wildman–Crippen MR) is 115 cm³/mol. The van der Waals surface area contributed by atoms with Crippen molar-refractivity contribution in [2.75, 3.05) is 0 Å². The average Bonchev–Trinajstić information content (AvgIpc) is 3.10. The summed E-state index contributed by atoms with van der Waals surface area (Å²) in [6, 6.07) is 0.215.